The van der Waals surface area contributed by atoms with Gasteiger partial charge in [-0.3, -0.25) is 0 Å². The molecule has 2 N–H and O–H groups in total. The molecule has 0 spiro atoms. The molecule has 1 saturated carbocycles. The third-order valence-corrected chi connectivity index (χ3v) is 4.81. The molecule has 0 unspecified atom stereocenters. The van der Waals surface area contributed by atoms with Crippen molar-refractivity contribution in [3.8, 4) is 0 Å². The fourth-order valence-corrected chi connectivity index (χ4v) is 3.31. The maximum atomic E-state index is 6.09. The standard InChI is InChI=1S/C15H23BrN2/c1-3-11-4-7-13(8-5-11)18(2)15-10-12(16)6-9-14(15)17/h6,9-11,13H,3-5,7-8,17H2,1-2H3. The lowest BCUT2D eigenvalue weighted by atomic mass is 9.84. The Labute approximate surface area is 119 Å². The van der Waals surface area contributed by atoms with Crippen molar-refractivity contribution in [1.82, 2.24) is 0 Å². The van der Waals surface area contributed by atoms with E-state index in [-0.39, 0.29) is 0 Å². The highest BCUT2D eigenvalue weighted by atomic mass is 79.9. The average molecular weight is 311 g/mol. The normalized spacial score (nSPS) is 23.9. The Morgan fingerprint density at radius 3 is 2.56 bits per heavy atom. The molecular weight excluding hydrogens is 288 g/mol. The summed E-state index contributed by atoms with van der Waals surface area (Å²) in [5.74, 6) is 0.939. The van der Waals surface area contributed by atoms with E-state index in [4.69, 9.17) is 5.73 Å². The summed E-state index contributed by atoms with van der Waals surface area (Å²) in [4.78, 5) is 2.37. The van der Waals surface area contributed by atoms with Crippen molar-refractivity contribution in [2.75, 3.05) is 17.7 Å². The molecule has 0 heterocycles. The number of nitrogen functional groups attached to an aromatic ring is 1. The van der Waals surface area contributed by atoms with Gasteiger partial charge in [-0.1, -0.05) is 29.3 Å². The minimum absolute atomic E-state index is 0.643. The second kappa shape index (κ2) is 5.96. The Balaban J connectivity index is 2.07. The van der Waals surface area contributed by atoms with E-state index in [2.05, 4.69) is 40.9 Å². The fourth-order valence-electron chi connectivity index (χ4n) is 2.96. The van der Waals surface area contributed by atoms with E-state index in [0.717, 1.165) is 21.8 Å². The lowest BCUT2D eigenvalue weighted by molar-refractivity contribution is 0.313. The Bertz CT molecular complexity index is 397. The number of benzene rings is 1. The van der Waals surface area contributed by atoms with Gasteiger partial charge < -0.3 is 10.6 Å². The minimum atomic E-state index is 0.643. The molecule has 1 aliphatic carbocycles. The number of nitrogens with zero attached hydrogens (tertiary/aromatic N) is 1. The van der Waals surface area contributed by atoms with Gasteiger partial charge in [0.15, 0.2) is 0 Å². The van der Waals surface area contributed by atoms with Gasteiger partial charge in [-0.25, -0.2) is 0 Å². The number of rotatable bonds is 3. The molecule has 0 atom stereocenters. The van der Waals surface area contributed by atoms with Crippen molar-refractivity contribution in [2.24, 2.45) is 5.92 Å². The van der Waals surface area contributed by atoms with Crippen LogP contribution < -0.4 is 10.6 Å². The van der Waals surface area contributed by atoms with Crippen molar-refractivity contribution in [3.05, 3.63) is 22.7 Å². The van der Waals surface area contributed by atoms with Crippen molar-refractivity contribution in [2.45, 2.75) is 45.1 Å². The first-order chi connectivity index (χ1) is 8.61. The summed E-state index contributed by atoms with van der Waals surface area (Å²) in [5.41, 5.74) is 8.12. The predicted octanol–water partition coefficient (Wildman–Crippen LogP) is 4.44. The number of hydrogen-bond donors (Lipinski definition) is 1. The van der Waals surface area contributed by atoms with Crippen LogP contribution >= 0.6 is 15.9 Å². The highest BCUT2D eigenvalue weighted by molar-refractivity contribution is 9.10. The number of anilines is 2. The molecule has 1 aliphatic rings. The van der Waals surface area contributed by atoms with Crippen LogP contribution in [0.3, 0.4) is 0 Å². The number of halogens is 1. The van der Waals surface area contributed by atoms with Crippen molar-refractivity contribution < 1.29 is 0 Å². The molecule has 1 aromatic rings. The van der Waals surface area contributed by atoms with E-state index < -0.39 is 0 Å². The highest BCUT2D eigenvalue weighted by Crippen LogP contribution is 2.34. The van der Waals surface area contributed by atoms with E-state index >= 15 is 0 Å². The summed E-state index contributed by atoms with van der Waals surface area (Å²) < 4.78 is 1.10. The van der Waals surface area contributed by atoms with E-state index in [1.807, 2.05) is 12.1 Å². The lowest BCUT2D eigenvalue weighted by Crippen LogP contribution is -2.35. The summed E-state index contributed by atoms with van der Waals surface area (Å²) in [5, 5.41) is 0. The molecular formula is C15H23BrN2. The van der Waals surface area contributed by atoms with Crippen molar-refractivity contribution >= 4 is 27.3 Å². The van der Waals surface area contributed by atoms with Gasteiger partial charge in [0.25, 0.3) is 0 Å². The zero-order valence-electron chi connectivity index (χ0n) is 11.3. The number of nitrogens with two attached hydrogens (primary N) is 1. The highest BCUT2D eigenvalue weighted by Gasteiger charge is 2.24. The third kappa shape index (κ3) is 3.00. The molecule has 100 valence electrons. The molecule has 1 fully saturated rings. The topological polar surface area (TPSA) is 29.3 Å². The van der Waals surface area contributed by atoms with E-state index in [0.29, 0.717) is 6.04 Å². The van der Waals surface area contributed by atoms with Crippen LogP contribution in [-0.2, 0) is 0 Å². The van der Waals surface area contributed by atoms with Crippen LogP contribution in [0.25, 0.3) is 0 Å². The summed E-state index contributed by atoms with van der Waals surface area (Å²) in [7, 11) is 2.18. The van der Waals surface area contributed by atoms with Crippen LogP contribution in [0.5, 0.6) is 0 Å². The van der Waals surface area contributed by atoms with Crippen LogP contribution in [-0.4, -0.2) is 13.1 Å². The summed E-state index contributed by atoms with van der Waals surface area (Å²) in [6, 6.07) is 6.75. The van der Waals surface area contributed by atoms with Gasteiger partial charge >= 0.3 is 0 Å². The van der Waals surface area contributed by atoms with Gasteiger partial charge in [-0.05, 0) is 49.8 Å². The van der Waals surface area contributed by atoms with Crippen LogP contribution in [0.15, 0.2) is 22.7 Å². The molecule has 2 rings (SSSR count). The van der Waals surface area contributed by atoms with Gasteiger partial charge in [0.2, 0.25) is 0 Å². The summed E-state index contributed by atoms with van der Waals surface area (Å²) in [6.45, 7) is 2.31. The van der Waals surface area contributed by atoms with Gasteiger partial charge in [0.05, 0.1) is 11.4 Å². The predicted molar refractivity (Wildman–Crippen MR) is 83.0 cm³/mol. The largest absolute Gasteiger partial charge is 0.397 e. The second-order valence-electron chi connectivity index (χ2n) is 5.40. The average Bonchev–Trinajstić information content (AvgIpc) is 2.41. The molecule has 0 aromatic heterocycles. The van der Waals surface area contributed by atoms with Gasteiger partial charge in [0.1, 0.15) is 0 Å². The van der Waals surface area contributed by atoms with Crippen molar-refractivity contribution in [1.29, 1.82) is 0 Å². The first-order valence-corrected chi connectivity index (χ1v) is 7.69. The van der Waals surface area contributed by atoms with Gasteiger partial charge in [-0.15, -0.1) is 0 Å². The zero-order valence-corrected chi connectivity index (χ0v) is 12.9. The summed E-state index contributed by atoms with van der Waals surface area (Å²) >= 11 is 3.53. The van der Waals surface area contributed by atoms with E-state index in [1.54, 1.807) is 0 Å². The number of hydrogen-bond acceptors (Lipinski definition) is 2. The third-order valence-electron chi connectivity index (χ3n) is 4.31. The van der Waals surface area contributed by atoms with Gasteiger partial charge in [-0.2, -0.15) is 0 Å². The minimum Gasteiger partial charge on any atom is -0.397 e. The smallest absolute Gasteiger partial charge is 0.0611 e. The maximum Gasteiger partial charge on any atom is 0.0611 e. The van der Waals surface area contributed by atoms with E-state index in [9.17, 15) is 0 Å². The Kier molecular flexibility index (Phi) is 4.55. The van der Waals surface area contributed by atoms with Crippen LogP contribution in [0, 0.1) is 5.92 Å². The van der Waals surface area contributed by atoms with Crippen LogP contribution in [0.4, 0.5) is 11.4 Å². The first kappa shape index (κ1) is 13.7. The van der Waals surface area contributed by atoms with Gasteiger partial charge in [0, 0.05) is 17.6 Å². The van der Waals surface area contributed by atoms with Crippen molar-refractivity contribution in [3.63, 3.8) is 0 Å². The molecule has 0 saturated heterocycles. The van der Waals surface area contributed by atoms with Crippen LogP contribution in [0.2, 0.25) is 0 Å². The Morgan fingerprint density at radius 2 is 1.94 bits per heavy atom. The monoisotopic (exact) mass is 310 g/mol. The SMILES string of the molecule is CCC1CCC(N(C)c2cc(Br)ccc2N)CC1. The second-order valence-corrected chi connectivity index (χ2v) is 6.31. The molecule has 0 amide bonds. The first-order valence-electron chi connectivity index (χ1n) is 6.89. The van der Waals surface area contributed by atoms with E-state index in [1.165, 1.54) is 32.1 Å². The maximum absolute atomic E-state index is 6.09. The fraction of sp³-hybridized carbons (Fsp3) is 0.600. The lowest BCUT2D eigenvalue weighted by Gasteiger charge is -2.36. The molecule has 3 heteroatoms. The van der Waals surface area contributed by atoms with Crippen LogP contribution in [0.1, 0.15) is 39.0 Å². The molecule has 0 radical (unpaired) electrons. The molecule has 0 aliphatic heterocycles. The molecule has 0 bridgehead atoms. The quantitative estimate of drug-likeness (QED) is 0.836. The molecule has 1 aromatic carbocycles. The molecule has 18 heavy (non-hydrogen) atoms. The summed E-state index contributed by atoms with van der Waals surface area (Å²) in [6.07, 6.45) is 6.64. The zero-order chi connectivity index (χ0) is 13.1. The Hall–Kier alpha value is -0.700. The Morgan fingerprint density at radius 1 is 1.28 bits per heavy atom. The molecule has 2 nitrogen and oxygen atoms in total.